The third kappa shape index (κ3) is 5.27. The Morgan fingerprint density at radius 2 is 2.15 bits per heavy atom. The predicted octanol–water partition coefficient (Wildman–Crippen LogP) is 1.20. The van der Waals surface area contributed by atoms with Crippen molar-refractivity contribution in [3.63, 3.8) is 0 Å². The molecular weight excluding hydrogens is 370 g/mol. The number of nitrogens with one attached hydrogen (secondary N) is 1. The van der Waals surface area contributed by atoms with Crippen LogP contribution >= 0.6 is 11.6 Å². The Morgan fingerprint density at radius 1 is 1.37 bits per heavy atom. The van der Waals surface area contributed by atoms with Crippen molar-refractivity contribution in [3.8, 4) is 0 Å². The van der Waals surface area contributed by atoms with Gasteiger partial charge in [-0.3, -0.25) is 9.59 Å². The summed E-state index contributed by atoms with van der Waals surface area (Å²) in [6.45, 7) is 2.66. The number of carbonyl (C=O) groups excluding carboxylic acids is 2. The van der Waals surface area contributed by atoms with E-state index in [2.05, 4.69) is 15.6 Å². The lowest BCUT2D eigenvalue weighted by atomic mass is 10.1. The highest BCUT2D eigenvalue weighted by Gasteiger charge is 2.29. The van der Waals surface area contributed by atoms with Gasteiger partial charge in [-0.2, -0.15) is 0 Å². The summed E-state index contributed by atoms with van der Waals surface area (Å²) < 4.78 is 6.61. The topological polar surface area (TPSA) is 89.3 Å². The minimum Gasteiger partial charge on any atom is -0.383 e. The van der Waals surface area contributed by atoms with Crippen LogP contribution in [-0.4, -0.2) is 65.1 Å². The zero-order chi connectivity index (χ0) is 19.2. The summed E-state index contributed by atoms with van der Waals surface area (Å²) in [5, 5.41) is 11.4. The van der Waals surface area contributed by atoms with E-state index >= 15 is 0 Å². The molecular formula is C18H22ClN5O3. The maximum Gasteiger partial charge on any atom is 0.273 e. The second kappa shape index (κ2) is 8.96. The first kappa shape index (κ1) is 19.3. The van der Waals surface area contributed by atoms with Gasteiger partial charge in [-0.15, -0.1) is 5.10 Å². The normalized spacial score (nSPS) is 16.7. The van der Waals surface area contributed by atoms with E-state index in [4.69, 9.17) is 16.3 Å². The lowest BCUT2D eigenvalue weighted by Crippen LogP contribution is -2.32. The molecule has 0 spiro atoms. The minimum atomic E-state index is -0.292. The van der Waals surface area contributed by atoms with Crippen molar-refractivity contribution in [2.45, 2.75) is 13.0 Å². The van der Waals surface area contributed by atoms with Crippen LogP contribution in [0.2, 0.25) is 5.02 Å². The number of nitrogens with zero attached hydrogens (tertiary/aromatic N) is 4. The summed E-state index contributed by atoms with van der Waals surface area (Å²) in [5.41, 5.74) is 1.27. The fourth-order valence-corrected chi connectivity index (χ4v) is 3.12. The Labute approximate surface area is 162 Å². The second-order valence-corrected chi connectivity index (χ2v) is 6.98. The monoisotopic (exact) mass is 391 g/mol. The van der Waals surface area contributed by atoms with Crippen LogP contribution in [0.4, 0.5) is 0 Å². The van der Waals surface area contributed by atoms with Crippen molar-refractivity contribution in [1.82, 2.24) is 25.2 Å². The van der Waals surface area contributed by atoms with E-state index in [9.17, 15) is 9.59 Å². The number of likely N-dealkylation sites (tertiary alicyclic amines) is 1. The van der Waals surface area contributed by atoms with Crippen LogP contribution in [0.3, 0.4) is 0 Å². The summed E-state index contributed by atoms with van der Waals surface area (Å²) in [7, 11) is 1.61. The Hall–Kier alpha value is -2.45. The van der Waals surface area contributed by atoms with E-state index in [0.29, 0.717) is 44.2 Å². The number of ether oxygens (including phenoxy) is 1. The Bertz CT molecular complexity index is 793. The molecule has 27 heavy (non-hydrogen) atoms. The van der Waals surface area contributed by atoms with Crippen molar-refractivity contribution < 1.29 is 14.3 Å². The number of benzene rings is 1. The van der Waals surface area contributed by atoms with Crippen molar-refractivity contribution in [1.29, 1.82) is 0 Å². The summed E-state index contributed by atoms with van der Waals surface area (Å²) in [6.07, 6.45) is 2.04. The SMILES string of the molecule is COCCN1C[C@@H](CNC(=O)c2cn(Cc3ccc(Cl)cc3)nn2)CC1=O. The predicted molar refractivity (Wildman–Crippen MR) is 99.5 cm³/mol. The van der Waals surface area contributed by atoms with Gasteiger partial charge in [0, 0.05) is 44.1 Å². The molecule has 2 heterocycles. The van der Waals surface area contributed by atoms with E-state index in [1.807, 2.05) is 12.1 Å². The molecule has 1 N–H and O–H groups in total. The van der Waals surface area contributed by atoms with Gasteiger partial charge in [-0.05, 0) is 17.7 Å². The van der Waals surface area contributed by atoms with Gasteiger partial charge in [0.2, 0.25) is 5.91 Å². The molecule has 1 aromatic carbocycles. The first-order chi connectivity index (χ1) is 13.0. The fraction of sp³-hybridized carbons (Fsp3) is 0.444. The highest BCUT2D eigenvalue weighted by atomic mass is 35.5. The van der Waals surface area contributed by atoms with Gasteiger partial charge < -0.3 is 15.0 Å². The standard InChI is InChI=1S/C18H22ClN5O3/c1-27-7-6-23-10-14(8-17(23)25)9-20-18(26)16-12-24(22-21-16)11-13-2-4-15(19)5-3-13/h2-5,12,14H,6-11H2,1H3,(H,20,26)/t14-/m1/s1. The highest BCUT2D eigenvalue weighted by molar-refractivity contribution is 6.30. The van der Waals surface area contributed by atoms with E-state index < -0.39 is 0 Å². The first-order valence-corrected chi connectivity index (χ1v) is 9.12. The third-order valence-corrected chi connectivity index (χ3v) is 4.69. The lowest BCUT2D eigenvalue weighted by molar-refractivity contribution is -0.128. The summed E-state index contributed by atoms with van der Waals surface area (Å²) in [6, 6.07) is 7.41. The minimum absolute atomic E-state index is 0.0974. The number of halogens is 1. The number of hydrogen-bond donors (Lipinski definition) is 1. The van der Waals surface area contributed by atoms with E-state index in [1.165, 1.54) is 0 Å². The summed E-state index contributed by atoms with van der Waals surface area (Å²) >= 11 is 5.87. The van der Waals surface area contributed by atoms with Gasteiger partial charge in [0.25, 0.3) is 5.91 Å². The molecule has 1 aliphatic rings. The molecule has 0 radical (unpaired) electrons. The van der Waals surface area contributed by atoms with Gasteiger partial charge >= 0.3 is 0 Å². The van der Waals surface area contributed by atoms with E-state index in [1.54, 1.807) is 35.0 Å². The number of hydrogen-bond acceptors (Lipinski definition) is 5. The molecule has 1 saturated heterocycles. The van der Waals surface area contributed by atoms with Crippen LogP contribution in [0.15, 0.2) is 30.5 Å². The quantitative estimate of drug-likeness (QED) is 0.730. The molecule has 1 fully saturated rings. The van der Waals surface area contributed by atoms with Crippen molar-refractivity contribution in [3.05, 3.63) is 46.7 Å². The second-order valence-electron chi connectivity index (χ2n) is 6.54. The summed E-state index contributed by atoms with van der Waals surface area (Å²) in [4.78, 5) is 26.0. The molecule has 9 heteroatoms. The Balaban J connectivity index is 1.48. The molecule has 0 aliphatic carbocycles. The molecule has 1 aliphatic heterocycles. The molecule has 2 aromatic rings. The fourth-order valence-electron chi connectivity index (χ4n) is 2.99. The van der Waals surface area contributed by atoms with Gasteiger partial charge in [-0.25, -0.2) is 4.68 Å². The number of carbonyl (C=O) groups is 2. The average Bonchev–Trinajstić information content (AvgIpc) is 3.26. The van der Waals surface area contributed by atoms with Crippen LogP contribution < -0.4 is 5.32 Å². The average molecular weight is 392 g/mol. The number of rotatable bonds is 8. The zero-order valence-corrected chi connectivity index (χ0v) is 15.9. The maximum absolute atomic E-state index is 12.3. The molecule has 144 valence electrons. The smallest absolute Gasteiger partial charge is 0.273 e. The van der Waals surface area contributed by atoms with Crippen molar-refractivity contribution in [2.24, 2.45) is 5.92 Å². The number of aromatic nitrogens is 3. The van der Waals surface area contributed by atoms with Crippen LogP contribution in [0.25, 0.3) is 0 Å². The summed E-state index contributed by atoms with van der Waals surface area (Å²) in [5.74, 6) is -0.0947. The van der Waals surface area contributed by atoms with Gasteiger partial charge in [0.1, 0.15) is 0 Å². The molecule has 1 atom stereocenters. The number of methoxy groups -OCH3 is 1. The Morgan fingerprint density at radius 3 is 2.89 bits per heavy atom. The number of amides is 2. The Kier molecular flexibility index (Phi) is 6.41. The molecule has 0 bridgehead atoms. The van der Waals surface area contributed by atoms with E-state index in [0.717, 1.165) is 5.56 Å². The molecule has 1 aromatic heterocycles. The van der Waals surface area contributed by atoms with Crippen molar-refractivity contribution in [2.75, 3.05) is 33.4 Å². The molecule has 2 amide bonds. The van der Waals surface area contributed by atoms with Crippen LogP contribution in [0.5, 0.6) is 0 Å². The maximum atomic E-state index is 12.3. The third-order valence-electron chi connectivity index (χ3n) is 4.44. The first-order valence-electron chi connectivity index (χ1n) is 8.74. The van der Waals surface area contributed by atoms with Gasteiger partial charge in [-0.1, -0.05) is 28.9 Å². The largest absolute Gasteiger partial charge is 0.383 e. The lowest BCUT2D eigenvalue weighted by Gasteiger charge is -2.15. The van der Waals surface area contributed by atoms with Gasteiger partial charge in [0.15, 0.2) is 5.69 Å². The van der Waals surface area contributed by atoms with Crippen LogP contribution in [0, 0.1) is 5.92 Å². The molecule has 3 rings (SSSR count). The zero-order valence-electron chi connectivity index (χ0n) is 15.1. The molecule has 8 nitrogen and oxygen atoms in total. The molecule has 0 saturated carbocycles. The van der Waals surface area contributed by atoms with E-state index in [-0.39, 0.29) is 23.4 Å². The highest BCUT2D eigenvalue weighted by Crippen LogP contribution is 2.16. The van der Waals surface area contributed by atoms with Crippen molar-refractivity contribution >= 4 is 23.4 Å². The van der Waals surface area contributed by atoms with Crippen LogP contribution in [-0.2, 0) is 16.1 Å². The van der Waals surface area contributed by atoms with Crippen LogP contribution in [0.1, 0.15) is 22.5 Å². The molecule has 0 unspecified atom stereocenters. The van der Waals surface area contributed by atoms with Gasteiger partial charge in [0.05, 0.1) is 19.3 Å².